The van der Waals surface area contributed by atoms with Crippen molar-refractivity contribution < 1.29 is 19.5 Å². The molecule has 0 aromatic rings. The number of Topliss-reactive ketones (excluding diaryl/α,β-unsaturated/α-hetero) is 2. The first kappa shape index (κ1) is 20.1. The van der Waals surface area contributed by atoms with Gasteiger partial charge in [0, 0.05) is 31.6 Å². The van der Waals surface area contributed by atoms with E-state index >= 15 is 0 Å². The highest BCUT2D eigenvalue weighted by Gasteiger charge is 2.63. The molecule has 1 N–H and O–H groups in total. The van der Waals surface area contributed by atoms with E-state index in [2.05, 4.69) is 20.8 Å². The fraction of sp³-hybridized carbons (Fsp3) is 0.875. The van der Waals surface area contributed by atoms with Crippen LogP contribution in [0.1, 0.15) is 85.0 Å². The van der Waals surface area contributed by atoms with Gasteiger partial charge in [-0.15, -0.1) is 0 Å². The van der Waals surface area contributed by atoms with Crippen molar-refractivity contribution >= 4 is 17.5 Å². The number of carbonyl (C=O) groups is 3. The Hall–Kier alpha value is -1.19. The summed E-state index contributed by atoms with van der Waals surface area (Å²) in [6.07, 6.45) is 8.38. The minimum atomic E-state index is -0.705. The molecule has 4 fully saturated rings. The quantitative estimate of drug-likeness (QED) is 0.744. The smallest absolute Gasteiger partial charge is 0.303 e. The average molecular weight is 389 g/mol. The van der Waals surface area contributed by atoms with Crippen LogP contribution in [-0.2, 0) is 14.4 Å². The third kappa shape index (κ3) is 2.97. The van der Waals surface area contributed by atoms with E-state index < -0.39 is 5.97 Å². The highest BCUT2D eigenvalue weighted by molar-refractivity contribution is 5.86. The Morgan fingerprint density at radius 2 is 1.79 bits per heavy atom. The van der Waals surface area contributed by atoms with E-state index in [1.54, 1.807) is 0 Å². The molecule has 4 rings (SSSR count). The number of rotatable bonds is 4. The van der Waals surface area contributed by atoms with Gasteiger partial charge in [0.25, 0.3) is 0 Å². The summed E-state index contributed by atoms with van der Waals surface area (Å²) in [6.45, 7) is 6.99. The van der Waals surface area contributed by atoms with Gasteiger partial charge in [0.1, 0.15) is 11.6 Å². The molecule has 4 aliphatic rings. The SMILES string of the molecule is C[C@H](CCC(=O)O)[C@H]1CC[C@H]2[C@@H]3C(=O)C[C@H]4CC(=O)CC[C@]4(C)[C@H]3CC[C@]12C. The van der Waals surface area contributed by atoms with Gasteiger partial charge >= 0.3 is 5.97 Å². The molecule has 0 heterocycles. The fourth-order valence-electron chi connectivity index (χ4n) is 8.25. The fourth-order valence-corrected chi connectivity index (χ4v) is 8.25. The van der Waals surface area contributed by atoms with Crippen molar-refractivity contribution in [2.24, 2.45) is 46.3 Å². The van der Waals surface area contributed by atoms with E-state index in [-0.39, 0.29) is 29.1 Å². The largest absolute Gasteiger partial charge is 0.481 e. The second-order valence-electron chi connectivity index (χ2n) is 11.0. The van der Waals surface area contributed by atoms with E-state index in [1.165, 1.54) is 0 Å². The summed E-state index contributed by atoms with van der Waals surface area (Å²) in [4.78, 5) is 36.4. The molecule has 0 amide bonds. The lowest BCUT2D eigenvalue weighted by Crippen LogP contribution is -2.57. The molecule has 0 aromatic carbocycles. The molecule has 4 heteroatoms. The lowest BCUT2D eigenvalue weighted by Gasteiger charge is -2.59. The third-order valence-corrected chi connectivity index (χ3v) is 9.86. The van der Waals surface area contributed by atoms with Crippen molar-refractivity contribution in [3.63, 3.8) is 0 Å². The summed E-state index contributed by atoms with van der Waals surface area (Å²) >= 11 is 0. The third-order valence-electron chi connectivity index (χ3n) is 9.86. The first-order valence-corrected chi connectivity index (χ1v) is 11.4. The minimum Gasteiger partial charge on any atom is -0.481 e. The van der Waals surface area contributed by atoms with Gasteiger partial charge in [0.05, 0.1) is 0 Å². The Bertz CT molecular complexity index is 684. The van der Waals surface area contributed by atoms with Gasteiger partial charge in [0.15, 0.2) is 0 Å². The number of ketones is 2. The molecular weight excluding hydrogens is 352 g/mol. The highest BCUT2D eigenvalue weighted by atomic mass is 16.4. The lowest BCUT2D eigenvalue weighted by atomic mass is 9.44. The van der Waals surface area contributed by atoms with Crippen LogP contribution in [0.3, 0.4) is 0 Å². The zero-order chi connectivity index (χ0) is 20.3. The van der Waals surface area contributed by atoms with Crippen LogP contribution in [0.5, 0.6) is 0 Å². The molecule has 0 bridgehead atoms. The summed E-state index contributed by atoms with van der Waals surface area (Å²) in [5, 5.41) is 9.08. The van der Waals surface area contributed by atoms with Crippen molar-refractivity contribution in [3.05, 3.63) is 0 Å². The average Bonchev–Trinajstić information content (AvgIpc) is 2.98. The van der Waals surface area contributed by atoms with Gasteiger partial charge in [-0.3, -0.25) is 14.4 Å². The monoisotopic (exact) mass is 388 g/mol. The van der Waals surface area contributed by atoms with Crippen molar-refractivity contribution in [1.82, 2.24) is 0 Å². The maximum atomic E-state index is 13.3. The van der Waals surface area contributed by atoms with Crippen molar-refractivity contribution in [1.29, 1.82) is 0 Å². The summed E-state index contributed by atoms with van der Waals surface area (Å²) in [5.41, 5.74) is 0.323. The van der Waals surface area contributed by atoms with Gasteiger partial charge in [-0.05, 0) is 78.9 Å². The van der Waals surface area contributed by atoms with Gasteiger partial charge < -0.3 is 5.11 Å². The Labute approximate surface area is 168 Å². The van der Waals surface area contributed by atoms with E-state index in [0.717, 1.165) is 38.5 Å². The summed E-state index contributed by atoms with van der Waals surface area (Å²) in [5.74, 6) is 2.33. The van der Waals surface area contributed by atoms with Crippen molar-refractivity contribution in [2.45, 2.75) is 85.0 Å². The number of carboxylic acid groups (broad SMARTS) is 1. The van der Waals surface area contributed by atoms with Gasteiger partial charge in [-0.2, -0.15) is 0 Å². The molecule has 4 aliphatic carbocycles. The molecule has 0 saturated heterocycles. The molecule has 4 saturated carbocycles. The number of hydrogen-bond donors (Lipinski definition) is 1. The summed E-state index contributed by atoms with van der Waals surface area (Å²) in [6, 6.07) is 0. The van der Waals surface area contributed by atoms with Crippen LogP contribution in [0.2, 0.25) is 0 Å². The van der Waals surface area contributed by atoms with E-state index in [4.69, 9.17) is 5.11 Å². The topological polar surface area (TPSA) is 71.4 Å². The Morgan fingerprint density at radius 3 is 2.50 bits per heavy atom. The molecule has 4 nitrogen and oxygen atoms in total. The number of hydrogen-bond acceptors (Lipinski definition) is 3. The number of carboxylic acids is 1. The molecule has 28 heavy (non-hydrogen) atoms. The van der Waals surface area contributed by atoms with E-state index in [0.29, 0.717) is 54.5 Å². The Kier molecular flexibility index (Phi) is 4.99. The highest BCUT2D eigenvalue weighted by Crippen LogP contribution is 2.67. The molecule has 8 atom stereocenters. The molecular formula is C24H36O4. The maximum Gasteiger partial charge on any atom is 0.303 e. The first-order valence-electron chi connectivity index (χ1n) is 11.4. The first-order chi connectivity index (χ1) is 13.2. The second-order valence-corrected chi connectivity index (χ2v) is 11.0. The van der Waals surface area contributed by atoms with E-state index in [1.807, 2.05) is 0 Å². The molecule has 0 unspecified atom stereocenters. The van der Waals surface area contributed by atoms with Crippen LogP contribution in [-0.4, -0.2) is 22.6 Å². The summed E-state index contributed by atoms with van der Waals surface area (Å²) < 4.78 is 0. The van der Waals surface area contributed by atoms with E-state index in [9.17, 15) is 14.4 Å². The van der Waals surface area contributed by atoms with Crippen LogP contribution >= 0.6 is 0 Å². The molecule has 0 spiro atoms. The van der Waals surface area contributed by atoms with Gasteiger partial charge in [-0.1, -0.05) is 20.8 Å². The van der Waals surface area contributed by atoms with Crippen LogP contribution < -0.4 is 0 Å². The summed E-state index contributed by atoms with van der Waals surface area (Å²) in [7, 11) is 0. The molecule has 0 radical (unpaired) electrons. The van der Waals surface area contributed by atoms with Crippen LogP contribution in [0.25, 0.3) is 0 Å². The number of aliphatic carboxylic acids is 1. The van der Waals surface area contributed by atoms with Crippen molar-refractivity contribution in [3.8, 4) is 0 Å². The van der Waals surface area contributed by atoms with Crippen molar-refractivity contribution in [2.75, 3.05) is 0 Å². The van der Waals surface area contributed by atoms with Gasteiger partial charge in [-0.25, -0.2) is 0 Å². The minimum absolute atomic E-state index is 0.154. The molecule has 156 valence electrons. The van der Waals surface area contributed by atoms with Crippen LogP contribution in [0.4, 0.5) is 0 Å². The maximum absolute atomic E-state index is 13.3. The standard InChI is InChI=1S/C24H36O4/c1-14(4-7-21(27)28)17-5-6-18-22-19(9-11-24(17,18)3)23(2)10-8-16(25)12-15(23)13-20(22)26/h14-15,17-19,22H,4-13H2,1-3H3,(H,27,28)/t14-,15-,17-,18+,19+,22+,23+,24-/m1/s1. The van der Waals surface area contributed by atoms with Gasteiger partial charge in [0.2, 0.25) is 0 Å². The number of carbonyl (C=O) groups excluding carboxylic acids is 2. The normalized spacial score (nSPS) is 46.5. The van der Waals surface area contributed by atoms with Crippen LogP contribution in [0.15, 0.2) is 0 Å². The predicted molar refractivity (Wildman–Crippen MR) is 107 cm³/mol. The Balaban J connectivity index is 1.57. The Morgan fingerprint density at radius 1 is 1.07 bits per heavy atom. The zero-order valence-electron chi connectivity index (χ0n) is 17.7. The second kappa shape index (κ2) is 6.95. The lowest BCUT2D eigenvalue weighted by molar-refractivity contribution is -0.159. The predicted octanol–water partition coefficient (Wildman–Crippen LogP) is 4.89. The molecule has 0 aromatic heterocycles. The van der Waals surface area contributed by atoms with Crippen LogP contribution in [0, 0.1) is 46.3 Å². The zero-order valence-corrected chi connectivity index (χ0v) is 17.7. The molecule has 0 aliphatic heterocycles. The number of fused-ring (bicyclic) bond motifs is 5.